The van der Waals surface area contributed by atoms with E-state index in [9.17, 15) is 14.4 Å². The molecule has 0 bridgehead atoms. The zero-order valence-electron chi connectivity index (χ0n) is 17.2. The van der Waals surface area contributed by atoms with Crippen molar-refractivity contribution in [1.82, 2.24) is 23.6 Å². The number of aryl methyl sites for hydroxylation is 2. The lowest BCUT2D eigenvalue weighted by atomic mass is 10.1. The summed E-state index contributed by atoms with van der Waals surface area (Å²) < 4.78 is 4.07. The summed E-state index contributed by atoms with van der Waals surface area (Å²) in [5.41, 5.74) is 0.672. The van der Waals surface area contributed by atoms with Crippen molar-refractivity contribution in [3.63, 3.8) is 0 Å². The second-order valence-corrected chi connectivity index (χ2v) is 8.11. The van der Waals surface area contributed by atoms with Crippen molar-refractivity contribution in [1.29, 1.82) is 0 Å². The molecule has 0 saturated heterocycles. The van der Waals surface area contributed by atoms with Gasteiger partial charge in [0, 0.05) is 44.2 Å². The van der Waals surface area contributed by atoms with Gasteiger partial charge in [-0.25, -0.2) is 9.78 Å². The molecule has 1 aromatic carbocycles. The Bertz CT molecular complexity index is 1230. The van der Waals surface area contributed by atoms with E-state index in [1.54, 1.807) is 35.7 Å². The number of nitrogens with zero attached hydrogens (tertiary/aromatic N) is 5. The minimum Gasteiger partial charge on any atom is -0.339 e. The van der Waals surface area contributed by atoms with Gasteiger partial charge in [-0.2, -0.15) is 0 Å². The smallest absolute Gasteiger partial charge is 0.332 e. The molecule has 3 rings (SSSR count). The van der Waals surface area contributed by atoms with E-state index in [4.69, 9.17) is 23.2 Å². The van der Waals surface area contributed by atoms with Gasteiger partial charge in [0.1, 0.15) is 0 Å². The maximum Gasteiger partial charge on any atom is 0.332 e. The number of fused-ring (bicyclic) bond motifs is 1. The first-order valence-electron chi connectivity index (χ1n) is 9.45. The Kier molecular flexibility index (Phi) is 6.38. The number of hydrogen-bond donors (Lipinski definition) is 0. The van der Waals surface area contributed by atoms with Gasteiger partial charge in [-0.1, -0.05) is 29.3 Å². The Morgan fingerprint density at radius 2 is 1.90 bits per heavy atom. The van der Waals surface area contributed by atoms with Gasteiger partial charge in [0.25, 0.3) is 5.56 Å². The van der Waals surface area contributed by atoms with Crippen LogP contribution in [0.4, 0.5) is 0 Å². The van der Waals surface area contributed by atoms with E-state index in [1.807, 2.05) is 13.0 Å². The van der Waals surface area contributed by atoms with Crippen molar-refractivity contribution in [2.45, 2.75) is 32.4 Å². The molecule has 0 radical (unpaired) electrons. The fourth-order valence-electron chi connectivity index (χ4n) is 3.41. The van der Waals surface area contributed by atoms with Crippen LogP contribution in [0.3, 0.4) is 0 Å². The number of carbonyl (C=O) groups excluding carboxylic acids is 1. The predicted molar refractivity (Wildman–Crippen MR) is 117 cm³/mol. The Labute approximate surface area is 183 Å². The number of benzene rings is 1. The lowest BCUT2D eigenvalue weighted by Gasteiger charge is -2.26. The predicted octanol–water partition coefficient (Wildman–Crippen LogP) is 2.74. The zero-order chi connectivity index (χ0) is 22.2. The van der Waals surface area contributed by atoms with Crippen LogP contribution in [0.15, 0.2) is 34.1 Å². The molecule has 8 nitrogen and oxygen atoms in total. The van der Waals surface area contributed by atoms with Crippen molar-refractivity contribution >= 4 is 40.3 Å². The molecule has 0 aliphatic heterocycles. The van der Waals surface area contributed by atoms with Crippen LogP contribution in [0.5, 0.6) is 0 Å². The first-order chi connectivity index (χ1) is 14.1. The minimum atomic E-state index is -0.426. The van der Waals surface area contributed by atoms with Crippen LogP contribution >= 0.6 is 23.2 Å². The lowest BCUT2D eigenvalue weighted by Crippen LogP contribution is -2.37. The summed E-state index contributed by atoms with van der Waals surface area (Å²) in [6.45, 7) is 2.33. The topological polar surface area (TPSA) is 82.1 Å². The fourth-order valence-corrected chi connectivity index (χ4v) is 3.97. The zero-order valence-corrected chi connectivity index (χ0v) is 18.7. The summed E-state index contributed by atoms with van der Waals surface area (Å²) in [6.07, 6.45) is 2.33. The van der Waals surface area contributed by atoms with Crippen LogP contribution in [0, 0.1) is 0 Å². The summed E-state index contributed by atoms with van der Waals surface area (Å²) >= 11 is 12.2. The highest BCUT2D eigenvalue weighted by molar-refractivity contribution is 6.35. The summed E-state index contributed by atoms with van der Waals surface area (Å²) in [5, 5.41) is 1.06. The molecule has 0 fully saturated rings. The number of carbonyl (C=O) groups is 1. The second kappa shape index (κ2) is 8.65. The number of aromatic nitrogens is 4. The fraction of sp³-hybridized carbons (Fsp3) is 0.400. The second-order valence-electron chi connectivity index (χ2n) is 7.27. The van der Waals surface area contributed by atoms with Crippen LogP contribution < -0.4 is 11.2 Å². The van der Waals surface area contributed by atoms with Gasteiger partial charge in [0.2, 0.25) is 5.91 Å². The monoisotopic (exact) mass is 451 g/mol. The van der Waals surface area contributed by atoms with E-state index >= 15 is 0 Å². The van der Waals surface area contributed by atoms with Gasteiger partial charge in [-0.3, -0.25) is 18.7 Å². The van der Waals surface area contributed by atoms with Crippen molar-refractivity contribution < 1.29 is 4.79 Å². The third kappa shape index (κ3) is 4.02. The van der Waals surface area contributed by atoms with E-state index in [0.29, 0.717) is 34.2 Å². The van der Waals surface area contributed by atoms with E-state index in [2.05, 4.69) is 4.98 Å². The van der Waals surface area contributed by atoms with Crippen molar-refractivity contribution in [2.75, 3.05) is 7.05 Å². The highest BCUT2D eigenvalue weighted by Crippen LogP contribution is 2.29. The molecule has 1 unspecified atom stereocenters. The average molecular weight is 452 g/mol. The van der Waals surface area contributed by atoms with Gasteiger partial charge in [0.15, 0.2) is 11.2 Å². The maximum absolute atomic E-state index is 12.7. The summed E-state index contributed by atoms with van der Waals surface area (Å²) in [6, 6.07) is 5.01. The number of amides is 1. The lowest BCUT2D eigenvalue weighted by molar-refractivity contribution is -0.131. The molecule has 2 aromatic heterocycles. The highest BCUT2D eigenvalue weighted by atomic mass is 35.5. The normalized spacial score (nSPS) is 12.3. The Hall–Kier alpha value is -2.58. The number of imidazole rings is 1. The van der Waals surface area contributed by atoms with Crippen LogP contribution in [-0.4, -0.2) is 36.5 Å². The first kappa shape index (κ1) is 22.1. The van der Waals surface area contributed by atoms with E-state index < -0.39 is 11.2 Å². The summed E-state index contributed by atoms with van der Waals surface area (Å²) in [7, 11) is 4.74. The van der Waals surface area contributed by atoms with Crippen molar-refractivity contribution in [2.24, 2.45) is 14.1 Å². The molecule has 2 heterocycles. The van der Waals surface area contributed by atoms with Gasteiger partial charge in [-0.05, 0) is 31.0 Å². The molecule has 160 valence electrons. The molecular formula is C20H23Cl2N5O3. The molecule has 1 atom stereocenters. The molecule has 0 spiro atoms. The van der Waals surface area contributed by atoms with Gasteiger partial charge in [0.05, 0.1) is 12.4 Å². The number of rotatable bonds is 6. The summed E-state index contributed by atoms with van der Waals surface area (Å²) in [5.74, 6) is -0.0433. The molecule has 1 amide bonds. The van der Waals surface area contributed by atoms with Gasteiger partial charge >= 0.3 is 5.69 Å². The minimum absolute atomic E-state index is 0.0433. The number of hydrogen-bond acceptors (Lipinski definition) is 4. The molecule has 3 aromatic rings. The quantitative estimate of drug-likeness (QED) is 0.576. The maximum atomic E-state index is 12.7. The van der Waals surface area contributed by atoms with Gasteiger partial charge in [-0.15, -0.1) is 0 Å². The molecule has 0 aliphatic rings. The van der Waals surface area contributed by atoms with Crippen LogP contribution in [0.1, 0.15) is 31.4 Å². The third-order valence-electron chi connectivity index (χ3n) is 5.39. The molecule has 0 N–H and O–H groups in total. The standard InChI is InChI=1S/C20H23Cl2N5O3/c1-12(14-8-7-13(21)10-15(14)22)24(2)16(28)6-5-9-27-11-23-18-17(27)19(29)26(4)20(30)25(18)3/h7-8,10-12H,5-6,9H2,1-4H3. The molecular weight excluding hydrogens is 429 g/mol. The largest absolute Gasteiger partial charge is 0.339 e. The van der Waals surface area contributed by atoms with E-state index in [-0.39, 0.29) is 18.4 Å². The molecule has 0 aliphatic carbocycles. The Morgan fingerprint density at radius 1 is 1.20 bits per heavy atom. The third-order valence-corrected chi connectivity index (χ3v) is 5.96. The van der Waals surface area contributed by atoms with Crippen LogP contribution in [0.2, 0.25) is 10.0 Å². The van der Waals surface area contributed by atoms with E-state index in [0.717, 1.165) is 10.1 Å². The van der Waals surface area contributed by atoms with E-state index in [1.165, 1.54) is 17.9 Å². The average Bonchev–Trinajstić information content (AvgIpc) is 3.13. The first-order valence-corrected chi connectivity index (χ1v) is 10.2. The van der Waals surface area contributed by atoms with Gasteiger partial charge < -0.3 is 9.47 Å². The van der Waals surface area contributed by atoms with Crippen molar-refractivity contribution in [3.8, 4) is 0 Å². The number of halogens is 2. The molecule has 0 saturated carbocycles. The SMILES string of the molecule is CC(c1ccc(Cl)cc1Cl)N(C)C(=O)CCCn1cnc2c1c(=O)n(C)c(=O)n2C. The Morgan fingerprint density at radius 3 is 2.57 bits per heavy atom. The van der Waals surface area contributed by atoms with Crippen LogP contribution in [0.25, 0.3) is 11.2 Å². The van der Waals surface area contributed by atoms with Crippen molar-refractivity contribution in [3.05, 3.63) is 61.0 Å². The Balaban J connectivity index is 1.70. The van der Waals surface area contributed by atoms with Crippen LogP contribution in [-0.2, 0) is 25.4 Å². The molecule has 10 heteroatoms. The summed E-state index contributed by atoms with van der Waals surface area (Å²) in [4.78, 5) is 43.0. The molecule has 30 heavy (non-hydrogen) atoms. The highest BCUT2D eigenvalue weighted by Gasteiger charge is 2.20.